The summed E-state index contributed by atoms with van der Waals surface area (Å²) in [7, 11) is 0.381. The third kappa shape index (κ3) is 2.73. The highest BCUT2D eigenvalue weighted by Crippen LogP contribution is 2.41. The van der Waals surface area contributed by atoms with Gasteiger partial charge in [0.1, 0.15) is 11.4 Å². The average Bonchev–Trinajstić information content (AvgIpc) is 2.76. The number of rotatable bonds is 2. The van der Waals surface area contributed by atoms with Gasteiger partial charge in [-0.2, -0.15) is 0 Å². The van der Waals surface area contributed by atoms with Crippen molar-refractivity contribution in [3.63, 3.8) is 0 Å². The van der Waals surface area contributed by atoms with Gasteiger partial charge in [-0.1, -0.05) is 72.3 Å². The molecular weight excluding hydrogens is 382 g/mol. The minimum atomic E-state index is -1.96. The van der Waals surface area contributed by atoms with Crippen LogP contribution in [0.25, 0.3) is 21.9 Å². The second-order valence-corrected chi connectivity index (χ2v) is 13.7. The second-order valence-electron chi connectivity index (χ2n) is 9.08. The van der Waals surface area contributed by atoms with Crippen molar-refractivity contribution in [2.24, 2.45) is 0 Å². The van der Waals surface area contributed by atoms with Crippen LogP contribution in [0.4, 0.5) is 5.69 Å². The van der Waals surface area contributed by atoms with Crippen LogP contribution in [0.15, 0.2) is 84.9 Å². The van der Waals surface area contributed by atoms with E-state index in [4.69, 9.17) is 4.74 Å². The van der Waals surface area contributed by atoms with E-state index in [-0.39, 0.29) is 0 Å². The second kappa shape index (κ2) is 6.83. The molecule has 0 aromatic heterocycles. The van der Waals surface area contributed by atoms with Gasteiger partial charge in [-0.15, -0.1) is 0 Å². The minimum Gasteiger partial charge on any atom is -0.446 e. The van der Waals surface area contributed by atoms with Crippen molar-refractivity contribution >= 4 is 29.9 Å². The molecule has 0 saturated carbocycles. The molecule has 4 aromatic rings. The Hall–Kier alpha value is -2.88. The SMILES string of the molecule is Cc1cc(-c2cccc3ccccc23)c2c(c1)[Si](C)(C)[N+](C)(c1ccccc1)CO2. The van der Waals surface area contributed by atoms with Gasteiger partial charge in [0.15, 0.2) is 0 Å². The molecule has 4 aromatic carbocycles. The van der Waals surface area contributed by atoms with E-state index in [2.05, 4.69) is 112 Å². The van der Waals surface area contributed by atoms with Crippen LogP contribution in [-0.4, -0.2) is 22.0 Å². The molecule has 0 aliphatic carbocycles. The fraction of sp³-hybridized carbons (Fsp3) is 0.185. The fourth-order valence-corrected chi connectivity index (χ4v) is 7.88. The topological polar surface area (TPSA) is 9.23 Å². The maximum atomic E-state index is 6.63. The molecule has 1 unspecified atom stereocenters. The van der Waals surface area contributed by atoms with Gasteiger partial charge < -0.3 is 8.89 Å². The monoisotopic (exact) mass is 410 g/mol. The third-order valence-corrected chi connectivity index (χ3v) is 11.5. The normalized spacial score (nSPS) is 19.9. The zero-order valence-electron chi connectivity index (χ0n) is 18.1. The number of benzene rings is 4. The Morgan fingerprint density at radius 3 is 2.30 bits per heavy atom. The first-order valence-corrected chi connectivity index (χ1v) is 13.5. The van der Waals surface area contributed by atoms with Crippen molar-refractivity contribution in [1.29, 1.82) is 0 Å². The molecule has 30 heavy (non-hydrogen) atoms. The standard InChI is InChI=1S/C27H28NOSi/c1-20-17-25(24-16-10-12-21-11-8-9-15-23(21)24)27-26(18-20)30(3,4)28(2,19-29-27)22-13-6-5-7-14-22/h5-18H,19H2,1-4H3/q+1. The van der Waals surface area contributed by atoms with Crippen molar-refractivity contribution in [3.05, 3.63) is 90.5 Å². The van der Waals surface area contributed by atoms with Crippen molar-refractivity contribution in [2.45, 2.75) is 20.0 Å². The summed E-state index contributed by atoms with van der Waals surface area (Å²) in [6.45, 7) is 7.83. The molecule has 1 aliphatic heterocycles. The van der Waals surface area contributed by atoms with Gasteiger partial charge in [0.25, 0.3) is 0 Å². The number of quaternary nitrogens is 1. The number of para-hydroxylation sites is 1. The Morgan fingerprint density at radius 1 is 0.800 bits per heavy atom. The molecule has 1 heterocycles. The molecule has 150 valence electrons. The summed E-state index contributed by atoms with van der Waals surface area (Å²) in [5, 5.41) is 3.95. The van der Waals surface area contributed by atoms with Crippen LogP contribution in [0, 0.1) is 6.92 Å². The first kappa shape index (κ1) is 19.1. The van der Waals surface area contributed by atoms with Crippen molar-refractivity contribution in [1.82, 2.24) is 4.15 Å². The van der Waals surface area contributed by atoms with Gasteiger partial charge >= 0.3 is 8.24 Å². The fourth-order valence-electron chi connectivity index (χ4n) is 4.82. The largest absolute Gasteiger partial charge is 0.446 e. The summed E-state index contributed by atoms with van der Waals surface area (Å²) >= 11 is 0. The van der Waals surface area contributed by atoms with Crippen molar-refractivity contribution in [2.75, 3.05) is 13.8 Å². The van der Waals surface area contributed by atoms with Crippen molar-refractivity contribution < 1.29 is 4.74 Å². The van der Waals surface area contributed by atoms with Crippen LogP contribution >= 0.6 is 0 Å². The summed E-state index contributed by atoms with van der Waals surface area (Å²) in [4.78, 5) is 0. The molecule has 1 atom stereocenters. The summed E-state index contributed by atoms with van der Waals surface area (Å²) in [5.41, 5.74) is 5.10. The van der Waals surface area contributed by atoms with Crippen LogP contribution in [0.5, 0.6) is 5.75 Å². The van der Waals surface area contributed by atoms with E-state index in [1.807, 2.05) is 0 Å². The third-order valence-electron chi connectivity index (χ3n) is 7.00. The summed E-state index contributed by atoms with van der Waals surface area (Å²) in [6, 6.07) is 30.7. The molecule has 0 spiro atoms. The van der Waals surface area contributed by atoms with Gasteiger partial charge in [0.05, 0.1) is 7.05 Å². The Kier molecular flexibility index (Phi) is 4.35. The lowest BCUT2D eigenvalue weighted by Crippen LogP contribution is -2.74. The molecule has 2 nitrogen and oxygen atoms in total. The van der Waals surface area contributed by atoms with E-state index in [1.54, 1.807) is 0 Å². The summed E-state index contributed by atoms with van der Waals surface area (Å²) < 4.78 is 7.47. The Balaban J connectivity index is 1.75. The number of fused-ring (bicyclic) bond motifs is 2. The molecule has 0 amide bonds. The molecular formula is C27H28NOSi+. The van der Waals surface area contributed by atoms with E-state index >= 15 is 0 Å². The van der Waals surface area contributed by atoms with Crippen LogP contribution in [0.2, 0.25) is 13.1 Å². The highest BCUT2D eigenvalue weighted by Gasteiger charge is 2.53. The highest BCUT2D eigenvalue weighted by molar-refractivity contribution is 6.91. The predicted molar refractivity (Wildman–Crippen MR) is 131 cm³/mol. The molecule has 3 heteroatoms. The van der Waals surface area contributed by atoms with Gasteiger partial charge in [0, 0.05) is 10.8 Å². The zero-order valence-corrected chi connectivity index (χ0v) is 19.1. The Morgan fingerprint density at radius 2 is 1.50 bits per heavy atom. The Bertz CT molecular complexity index is 1240. The predicted octanol–water partition coefficient (Wildman–Crippen LogP) is 6.21. The summed E-state index contributed by atoms with van der Waals surface area (Å²) in [6.07, 6.45) is 0. The number of ether oxygens (including phenoxy) is 1. The molecule has 0 saturated heterocycles. The molecule has 0 fully saturated rings. The van der Waals surface area contributed by atoms with Crippen LogP contribution in [0.1, 0.15) is 5.56 Å². The maximum absolute atomic E-state index is 6.63. The van der Waals surface area contributed by atoms with E-state index in [9.17, 15) is 0 Å². The maximum Gasteiger partial charge on any atom is 0.323 e. The van der Waals surface area contributed by atoms with Crippen molar-refractivity contribution in [3.8, 4) is 16.9 Å². The van der Waals surface area contributed by atoms with Gasteiger partial charge in [-0.3, -0.25) is 0 Å². The first-order chi connectivity index (χ1) is 14.4. The van der Waals surface area contributed by atoms with Gasteiger partial charge in [0.2, 0.25) is 6.73 Å². The quantitative estimate of drug-likeness (QED) is 0.357. The lowest BCUT2D eigenvalue weighted by Gasteiger charge is -2.49. The average molecular weight is 411 g/mol. The number of nitrogens with zero attached hydrogens (tertiary/aromatic N) is 1. The summed E-state index contributed by atoms with van der Waals surface area (Å²) in [5.74, 6) is 1.08. The zero-order chi connectivity index (χ0) is 20.9. The van der Waals surface area contributed by atoms with E-state index in [1.165, 1.54) is 38.3 Å². The lowest BCUT2D eigenvalue weighted by molar-refractivity contribution is 0.210. The Labute approximate surface area is 180 Å². The van der Waals surface area contributed by atoms with Crippen LogP contribution in [0.3, 0.4) is 0 Å². The van der Waals surface area contributed by atoms with Crippen LogP contribution < -0.4 is 14.1 Å². The molecule has 1 aliphatic rings. The molecule has 0 radical (unpaired) electrons. The highest BCUT2D eigenvalue weighted by atomic mass is 28.3. The van der Waals surface area contributed by atoms with E-state index in [0.29, 0.717) is 6.73 Å². The van der Waals surface area contributed by atoms with Gasteiger partial charge in [-0.25, -0.2) is 0 Å². The molecule has 5 rings (SSSR count). The molecule has 0 bridgehead atoms. The smallest absolute Gasteiger partial charge is 0.323 e. The van der Waals surface area contributed by atoms with E-state index in [0.717, 1.165) is 9.90 Å². The van der Waals surface area contributed by atoms with Crippen LogP contribution in [-0.2, 0) is 0 Å². The number of aryl methyl sites for hydroxylation is 1. The number of hydrogen-bond acceptors (Lipinski definition) is 1. The first-order valence-electron chi connectivity index (χ1n) is 10.6. The number of hydrogen-bond donors (Lipinski definition) is 0. The van der Waals surface area contributed by atoms with E-state index < -0.39 is 8.24 Å². The lowest BCUT2D eigenvalue weighted by atomic mass is 9.96. The molecule has 0 N–H and O–H groups in total. The minimum absolute atomic E-state index is 0.664. The van der Waals surface area contributed by atoms with Gasteiger partial charge in [-0.05, 0) is 54.6 Å².